The summed E-state index contributed by atoms with van der Waals surface area (Å²) < 4.78 is 17.4. The minimum Gasteiger partial charge on any atom is -0.486 e. The van der Waals surface area contributed by atoms with Gasteiger partial charge in [0.25, 0.3) is 0 Å². The fraction of sp³-hybridized carbons (Fsp3) is 0.357. The van der Waals surface area contributed by atoms with Crippen molar-refractivity contribution in [2.24, 2.45) is 0 Å². The van der Waals surface area contributed by atoms with Crippen molar-refractivity contribution in [1.82, 2.24) is 4.98 Å². The summed E-state index contributed by atoms with van der Waals surface area (Å²) in [6, 6.07) is 3.91. The minimum absolute atomic E-state index is 0.526. The van der Waals surface area contributed by atoms with Gasteiger partial charge in [0, 0.05) is 29.5 Å². The number of alkyl halides is 1. The molecule has 3 rings (SSSR count). The van der Waals surface area contributed by atoms with Gasteiger partial charge in [-0.3, -0.25) is 0 Å². The smallest absolute Gasteiger partial charge is 0.163 e. The van der Waals surface area contributed by atoms with Gasteiger partial charge in [0.05, 0.1) is 12.1 Å². The topological polar surface area (TPSA) is 40.6 Å². The molecule has 1 aliphatic rings. The molecule has 1 aromatic carbocycles. The van der Waals surface area contributed by atoms with Crippen LogP contribution in [0.2, 0.25) is 0 Å². The highest BCUT2D eigenvalue weighted by atomic mass is 79.9. The highest BCUT2D eigenvalue weighted by Gasteiger charge is 2.18. The molecule has 0 fully saturated rings. The predicted octanol–water partition coefficient (Wildman–Crippen LogP) is 3.81. The van der Waals surface area contributed by atoms with Gasteiger partial charge in [0.1, 0.15) is 17.8 Å². The van der Waals surface area contributed by atoms with Crippen LogP contribution in [0.25, 0.3) is 10.9 Å². The number of methoxy groups -OCH3 is 1. The fourth-order valence-corrected chi connectivity index (χ4v) is 3.87. The molecule has 0 bridgehead atoms. The van der Waals surface area contributed by atoms with Crippen molar-refractivity contribution in [3.8, 4) is 11.5 Å². The second kappa shape index (κ2) is 5.87. The molecule has 1 aliphatic heterocycles. The van der Waals surface area contributed by atoms with Crippen LogP contribution in [0, 0.1) is 0 Å². The zero-order chi connectivity index (χ0) is 14.1. The molecular formula is C14H13Br2NO3. The second-order valence-corrected chi connectivity index (χ2v) is 5.75. The maximum atomic E-state index is 5.65. The molecule has 0 amide bonds. The zero-order valence-corrected chi connectivity index (χ0v) is 14.1. The third-order valence-electron chi connectivity index (χ3n) is 3.24. The average Bonchev–Trinajstić information content (AvgIpc) is 2.46. The van der Waals surface area contributed by atoms with Crippen LogP contribution in [0.5, 0.6) is 11.5 Å². The largest absolute Gasteiger partial charge is 0.486 e. The lowest BCUT2D eigenvalue weighted by molar-refractivity contribution is 0.172. The third-order valence-corrected chi connectivity index (χ3v) is 4.46. The van der Waals surface area contributed by atoms with Crippen molar-refractivity contribution >= 4 is 42.8 Å². The van der Waals surface area contributed by atoms with E-state index in [4.69, 9.17) is 14.2 Å². The van der Waals surface area contributed by atoms with E-state index in [2.05, 4.69) is 36.8 Å². The van der Waals surface area contributed by atoms with E-state index in [1.165, 1.54) is 0 Å². The van der Waals surface area contributed by atoms with Crippen molar-refractivity contribution in [3.05, 3.63) is 27.9 Å². The maximum absolute atomic E-state index is 5.65. The lowest BCUT2D eigenvalue weighted by Crippen LogP contribution is -2.15. The van der Waals surface area contributed by atoms with Crippen LogP contribution in [-0.2, 0) is 16.7 Å². The molecule has 2 aromatic rings. The number of pyridine rings is 1. The molecule has 0 aliphatic carbocycles. The molecule has 0 N–H and O–H groups in total. The van der Waals surface area contributed by atoms with E-state index >= 15 is 0 Å². The van der Waals surface area contributed by atoms with Crippen molar-refractivity contribution in [1.29, 1.82) is 0 Å². The van der Waals surface area contributed by atoms with E-state index in [9.17, 15) is 0 Å². The zero-order valence-electron chi connectivity index (χ0n) is 10.9. The molecule has 1 aromatic heterocycles. The first-order chi connectivity index (χ1) is 9.74. The van der Waals surface area contributed by atoms with Crippen LogP contribution in [0.3, 0.4) is 0 Å². The van der Waals surface area contributed by atoms with Gasteiger partial charge < -0.3 is 14.2 Å². The quantitative estimate of drug-likeness (QED) is 0.578. The summed E-state index contributed by atoms with van der Waals surface area (Å²) in [6.45, 7) is 1.68. The summed E-state index contributed by atoms with van der Waals surface area (Å²) in [7, 11) is 1.69. The van der Waals surface area contributed by atoms with E-state index in [1.807, 2.05) is 12.1 Å². The fourth-order valence-electron chi connectivity index (χ4n) is 2.32. The van der Waals surface area contributed by atoms with Crippen molar-refractivity contribution in [2.45, 2.75) is 11.9 Å². The van der Waals surface area contributed by atoms with Crippen LogP contribution >= 0.6 is 31.9 Å². The maximum Gasteiger partial charge on any atom is 0.163 e. The second-order valence-electron chi connectivity index (χ2n) is 4.44. The molecule has 6 heteroatoms. The summed E-state index contributed by atoms with van der Waals surface area (Å²) in [6.07, 6.45) is 0. The molecule has 0 atom stereocenters. The van der Waals surface area contributed by atoms with Crippen LogP contribution in [0.15, 0.2) is 16.7 Å². The summed E-state index contributed by atoms with van der Waals surface area (Å²) in [5.74, 6) is 1.52. The minimum atomic E-state index is 0.526. The van der Waals surface area contributed by atoms with Gasteiger partial charge in [-0.2, -0.15) is 0 Å². The first kappa shape index (κ1) is 14.1. The highest BCUT2D eigenvalue weighted by molar-refractivity contribution is 9.10. The van der Waals surface area contributed by atoms with Gasteiger partial charge in [0.15, 0.2) is 11.5 Å². The summed E-state index contributed by atoms with van der Waals surface area (Å²) >= 11 is 7.03. The molecule has 0 saturated carbocycles. The number of hydrogen-bond acceptors (Lipinski definition) is 4. The Bertz CT molecular complexity index is 661. The number of ether oxygens (including phenoxy) is 3. The lowest BCUT2D eigenvalue weighted by atomic mass is 10.0. The van der Waals surface area contributed by atoms with Gasteiger partial charge in [-0.05, 0) is 27.6 Å². The Kier molecular flexibility index (Phi) is 4.14. The Morgan fingerprint density at radius 2 is 1.90 bits per heavy atom. The van der Waals surface area contributed by atoms with Gasteiger partial charge >= 0.3 is 0 Å². The van der Waals surface area contributed by atoms with Crippen LogP contribution in [0.4, 0.5) is 0 Å². The Hall–Kier alpha value is -0.850. The van der Waals surface area contributed by atoms with E-state index in [0.717, 1.165) is 38.1 Å². The van der Waals surface area contributed by atoms with Gasteiger partial charge in [0.2, 0.25) is 0 Å². The monoisotopic (exact) mass is 401 g/mol. The SMILES string of the molecule is COCc1c(CBr)c(Br)nc2cc3c(cc12)OCCO3. The lowest BCUT2D eigenvalue weighted by Gasteiger charge is -2.20. The molecule has 0 unspecified atom stereocenters. The first-order valence-electron chi connectivity index (χ1n) is 6.20. The molecule has 20 heavy (non-hydrogen) atoms. The highest BCUT2D eigenvalue weighted by Crippen LogP contribution is 2.38. The number of rotatable bonds is 3. The molecule has 0 spiro atoms. The molecular weight excluding hydrogens is 390 g/mol. The van der Waals surface area contributed by atoms with Crippen molar-refractivity contribution in [3.63, 3.8) is 0 Å². The number of aromatic nitrogens is 1. The summed E-state index contributed by atoms with van der Waals surface area (Å²) in [5.41, 5.74) is 3.08. The van der Waals surface area contributed by atoms with Crippen molar-refractivity contribution in [2.75, 3.05) is 20.3 Å². The number of halogens is 2. The Morgan fingerprint density at radius 1 is 1.20 bits per heavy atom. The van der Waals surface area contributed by atoms with Gasteiger partial charge in [-0.15, -0.1) is 0 Å². The first-order valence-corrected chi connectivity index (χ1v) is 8.11. The third kappa shape index (κ3) is 2.40. The average molecular weight is 403 g/mol. The Labute approximate surface area is 133 Å². The normalized spacial score (nSPS) is 13.8. The molecule has 106 valence electrons. The summed E-state index contributed by atoms with van der Waals surface area (Å²) in [4.78, 5) is 4.59. The van der Waals surface area contributed by atoms with Crippen LogP contribution in [0.1, 0.15) is 11.1 Å². The number of benzene rings is 1. The van der Waals surface area contributed by atoms with Gasteiger partial charge in [-0.25, -0.2) is 4.98 Å². The Morgan fingerprint density at radius 3 is 2.55 bits per heavy atom. The Balaban J connectivity index is 2.28. The molecule has 4 nitrogen and oxygen atoms in total. The van der Waals surface area contributed by atoms with E-state index in [-0.39, 0.29) is 0 Å². The number of hydrogen-bond donors (Lipinski definition) is 0. The predicted molar refractivity (Wildman–Crippen MR) is 83.8 cm³/mol. The standard InChI is InChI=1S/C14H13Br2NO3/c1-18-7-10-8-4-12-13(20-3-2-19-12)5-11(8)17-14(16)9(10)6-15/h4-5H,2-3,6-7H2,1H3. The van der Waals surface area contributed by atoms with Gasteiger partial charge in [-0.1, -0.05) is 15.9 Å². The molecule has 0 radical (unpaired) electrons. The molecule has 0 saturated heterocycles. The van der Waals surface area contributed by atoms with Crippen LogP contribution < -0.4 is 9.47 Å². The van der Waals surface area contributed by atoms with E-state index in [0.29, 0.717) is 25.2 Å². The van der Waals surface area contributed by atoms with Crippen LogP contribution in [-0.4, -0.2) is 25.3 Å². The summed E-state index contributed by atoms with van der Waals surface area (Å²) in [5, 5.41) is 1.75. The number of fused-ring (bicyclic) bond motifs is 2. The van der Waals surface area contributed by atoms with E-state index < -0.39 is 0 Å². The van der Waals surface area contributed by atoms with E-state index in [1.54, 1.807) is 7.11 Å². The molecule has 2 heterocycles. The number of nitrogens with zero attached hydrogens (tertiary/aromatic N) is 1. The van der Waals surface area contributed by atoms with Crippen molar-refractivity contribution < 1.29 is 14.2 Å².